The number of primary amides is 1. The second-order valence-corrected chi connectivity index (χ2v) is 10.2. The molecule has 170 valence electrons. The summed E-state index contributed by atoms with van der Waals surface area (Å²) in [7, 11) is 0. The van der Waals surface area contributed by atoms with E-state index >= 15 is 0 Å². The van der Waals surface area contributed by atoms with E-state index < -0.39 is 12.2 Å². The molecular weight excluding hydrogens is 378 g/mol. The lowest BCUT2D eigenvalue weighted by Gasteiger charge is -2.41. The van der Waals surface area contributed by atoms with Crippen molar-refractivity contribution in [2.45, 2.75) is 96.7 Å². The molecule has 2 fully saturated rings. The quantitative estimate of drug-likeness (QED) is 0.522. The van der Waals surface area contributed by atoms with Gasteiger partial charge >= 0.3 is 0 Å². The fourth-order valence-corrected chi connectivity index (χ4v) is 6.40. The molecule has 0 bridgehead atoms. The third kappa shape index (κ3) is 5.16. The van der Waals surface area contributed by atoms with Crippen molar-refractivity contribution in [2.75, 3.05) is 0 Å². The van der Waals surface area contributed by atoms with Gasteiger partial charge in [0.15, 0.2) is 0 Å². The molecule has 5 nitrogen and oxygen atoms in total. The molecule has 5 heteroatoms. The number of allylic oxidation sites excluding steroid dienone is 1. The first-order valence-corrected chi connectivity index (χ1v) is 12.2. The number of hydrogen-bond acceptors (Lipinski definition) is 4. The van der Waals surface area contributed by atoms with Crippen molar-refractivity contribution in [3.8, 4) is 0 Å². The smallest absolute Gasteiger partial charge is 0.224 e. The Morgan fingerprint density at radius 1 is 1.17 bits per heavy atom. The van der Waals surface area contributed by atoms with Gasteiger partial charge < -0.3 is 15.9 Å². The van der Waals surface area contributed by atoms with Crippen LogP contribution in [-0.2, 0) is 9.59 Å². The monoisotopic (exact) mass is 419 g/mol. The second-order valence-electron chi connectivity index (χ2n) is 10.2. The Labute approximate surface area is 181 Å². The number of carbonyl (C=O) groups excluding carboxylic acids is 2. The van der Waals surface area contributed by atoms with Crippen molar-refractivity contribution in [2.24, 2.45) is 41.2 Å². The van der Waals surface area contributed by atoms with Crippen LogP contribution in [0.5, 0.6) is 0 Å². The SMILES string of the molecule is CC[C@H](CC(=O)[C@@H]1CCCC(C)[C@@H]1O)[C@H](O)CC1=CC[C@@H]2CCCCC2C1C(N)=O. The van der Waals surface area contributed by atoms with E-state index in [9.17, 15) is 19.8 Å². The molecule has 0 heterocycles. The van der Waals surface area contributed by atoms with Gasteiger partial charge in [0.05, 0.1) is 18.1 Å². The Morgan fingerprint density at radius 2 is 1.90 bits per heavy atom. The van der Waals surface area contributed by atoms with E-state index in [0.29, 0.717) is 31.1 Å². The van der Waals surface area contributed by atoms with Crippen LogP contribution in [0.4, 0.5) is 0 Å². The first-order valence-electron chi connectivity index (χ1n) is 12.2. The van der Waals surface area contributed by atoms with E-state index in [1.807, 2.05) is 13.8 Å². The molecule has 0 aliphatic heterocycles. The van der Waals surface area contributed by atoms with Crippen LogP contribution in [0.1, 0.15) is 84.5 Å². The fraction of sp³-hybridized carbons (Fsp3) is 0.840. The van der Waals surface area contributed by atoms with Crippen LogP contribution in [0.15, 0.2) is 11.6 Å². The molecule has 30 heavy (non-hydrogen) atoms. The van der Waals surface area contributed by atoms with Gasteiger partial charge in [0.25, 0.3) is 0 Å². The highest BCUT2D eigenvalue weighted by Crippen LogP contribution is 2.45. The van der Waals surface area contributed by atoms with Gasteiger partial charge in [-0.25, -0.2) is 0 Å². The number of aliphatic hydroxyl groups is 2. The number of fused-ring (bicyclic) bond motifs is 1. The van der Waals surface area contributed by atoms with Crippen LogP contribution < -0.4 is 5.73 Å². The predicted molar refractivity (Wildman–Crippen MR) is 117 cm³/mol. The van der Waals surface area contributed by atoms with Gasteiger partial charge in [-0.3, -0.25) is 9.59 Å². The zero-order valence-corrected chi connectivity index (χ0v) is 18.8. The lowest BCUT2D eigenvalue weighted by atomic mass is 9.64. The molecule has 0 spiro atoms. The third-order valence-corrected chi connectivity index (χ3v) is 8.34. The summed E-state index contributed by atoms with van der Waals surface area (Å²) < 4.78 is 0. The Balaban J connectivity index is 1.65. The number of carbonyl (C=O) groups is 2. The fourth-order valence-electron chi connectivity index (χ4n) is 6.40. The summed E-state index contributed by atoms with van der Waals surface area (Å²) in [6.45, 7) is 4.01. The molecule has 3 unspecified atom stereocenters. The summed E-state index contributed by atoms with van der Waals surface area (Å²) in [6, 6.07) is 0. The Kier molecular flexibility index (Phi) is 8.14. The summed E-state index contributed by atoms with van der Waals surface area (Å²) in [6.07, 6.45) is 10.6. The normalized spacial score (nSPS) is 36.3. The average Bonchev–Trinajstić information content (AvgIpc) is 2.73. The molecule has 3 aliphatic rings. The van der Waals surface area contributed by atoms with E-state index in [1.165, 1.54) is 6.42 Å². The van der Waals surface area contributed by atoms with Crippen molar-refractivity contribution in [1.82, 2.24) is 0 Å². The second kappa shape index (κ2) is 10.4. The average molecular weight is 420 g/mol. The standard InChI is InChI=1S/C25H41NO4/c1-3-16(13-22(28)20-10-6-7-15(2)24(20)29)21(27)14-18-12-11-17-8-4-5-9-19(17)23(18)25(26)30/h12,15-17,19-21,23-24,27,29H,3-11,13-14H2,1-2H3,(H2,26,30)/t15?,16-,17+,19?,20+,21-,23?,24+/m1/s1. The summed E-state index contributed by atoms with van der Waals surface area (Å²) in [5, 5.41) is 21.5. The maximum Gasteiger partial charge on any atom is 0.224 e. The zero-order valence-electron chi connectivity index (χ0n) is 18.8. The van der Waals surface area contributed by atoms with Crippen molar-refractivity contribution in [1.29, 1.82) is 0 Å². The van der Waals surface area contributed by atoms with Gasteiger partial charge in [0, 0.05) is 12.3 Å². The Bertz CT molecular complexity index is 645. The number of hydrogen-bond donors (Lipinski definition) is 3. The molecule has 0 aromatic carbocycles. The third-order valence-electron chi connectivity index (χ3n) is 8.34. The maximum atomic E-state index is 12.9. The van der Waals surface area contributed by atoms with Crippen molar-refractivity contribution in [3.63, 3.8) is 0 Å². The van der Waals surface area contributed by atoms with Crippen LogP contribution in [0.3, 0.4) is 0 Å². The van der Waals surface area contributed by atoms with E-state index in [-0.39, 0.29) is 35.4 Å². The zero-order chi connectivity index (χ0) is 21.8. The molecule has 1 amide bonds. The summed E-state index contributed by atoms with van der Waals surface area (Å²) >= 11 is 0. The van der Waals surface area contributed by atoms with Crippen LogP contribution >= 0.6 is 0 Å². The molecular formula is C25H41NO4. The van der Waals surface area contributed by atoms with E-state index in [2.05, 4.69) is 6.08 Å². The number of nitrogens with two attached hydrogens (primary N) is 1. The van der Waals surface area contributed by atoms with Gasteiger partial charge in [0.2, 0.25) is 5.91 Å². The summed E-state index contributed by atoms with van der Waals surface area (Å²) in [5.74, 6) is 0.0906. The van der Waals surface area contributed by atoms with E-state index in [4.69, 9.17) is 5.73 Å². The van der Waals surface area contributed by atoms with Gasteiger partial charge in [-0.15, -0.1) is 0 Å². The van der Waals surface area contributed by atoms with Crippen LogP contribution in [0, 0.1) is 35.5 Å². The van der Waals surface area contributed by atoms with Gasteiger partial charge in [-0.05, 0) is 62.2 Å². The number of rotatable bonds is 8. The number of aliphatic hydroxyl groups excluding tert-OH is 2. The van der Waals surface area contributed by atoms with Crippen LogP contribution in [0.2, 0.25) is 0 Å². The highest BCUT2D eigenvalue weighted by atomic mass is 16.3. The molecule has 4 N–H and O–H groups in total. The summed E-state index contributed by atoms with van der Waals surface area (Å²) in [4.78, 5) is 25.2. The molecule has 8 atom stereocenters. The molecule has 0 saturated heterocycles. The maximum absolute atomic E-state index is 12.9. The first kappa shape index (κ1) is 23.5. The molecule has 3 aliphatic carbocycles. The molecule has 2 saturated carbocycles. The summed E-state index contributed by atoms with van der Waals surface area (Å²) in [5.41, 5.74) is 6.79. The van der Waals surface area contributed by atoms with Crippen molar-refractivity contribution in [3.05, 3.63) is 11.6 Å². The molecule has 0 aromatic heterocycles. The Hall–Kier alpha value is -1.20. The topological polar surface area (TPSA) is 101 Å². The minimum atomic E-state index is -0.662. The lowest BCUT2D eigenvalue weighted by Crippen LogP contribution is -2.41. The largest absolute Gasteiger partial charge is 0.392 e. The van der Waals surface area contributed by atoms with E-state index in [1.54, 1.807) is 0 Å². The lowest BCUT2D eigenvalue weighted by molar-refractivity contribution is -0.131. The predicted octanol–water partition coefficient (Wildman–Crippen LogP) is 3.76. The molecule has 3 rings (SSSR count). The molecule has 0 aromatic rings. The number of amides is 1. The van der Waals surface area contributed by atoms with Gasteiger partial charge in [-0.1, -0.05) is 51.2 Å². The number of Topliss-reactive ketones (excluding diaryl/α,β-unsaturated/α-hetero) is 1. The van der Waals surface area contributed by atoms with Crippen LogP contribution in [-0.4, -0.2) is 34.1 Å². The minimum Gasteiger partial charge on any atom is -0.392 e. The van der Waals surface area contributed by atoms with Gasteiger partial charge in [-0.2, -0.15) is 0 Å². The Morgan fingerprint density at radius 3 is 2.60 bits per heavy atom. The highest BCUT2D eigenvalue weighted by Gasteiger charge is 2.41. The van der Waals surface area contributed by atoms with Crippen molar-refractivity contribution < 1.29 is 19.8 Å². The first-order chi connectivity index (χ1) is 14.3. The van der Waals surface area contributed by atoms with Crippen LogP contribution in [0.25, 0.3) is 0 Å². The molecule has 0 radical (unpaired) electrons. The van der Waals surface area contributed by atoms with E-state index in [0.717, 1.165) is 50.5 Å². The minimum absolute atomic E-state index is 0.0800. The van der Waals surface area contributed by atoms with Crippen molar-refractivity contribution >= 4 is 11.7 Å². The number of ketones is 1. The van der Waals surface area contributed by atoms with Gasteiger partial charge in [0.1, 0.15) is 5.78 Å². The highest BCUT2D eigenvalue weighted by molar-refractivity contribution is 5.82.